The van der Waals surface area contributed by atoms with E-state index in [0.29, 0.717) is 33.5 Å². The van der Waals surface area contributed by atoms with Gasteiger partial charge < -0.3 is 10.6 Å². The van der Waals surface area contributed by atoms with Gasteiger partial charge in [0.25, 0.3) is 5.92 Å². The fourth-order valence-corrected chi connectivity index (χ4v) is 5.01. The maximum absolute atomic E-state index is 13.8. The third kappa shape index (κ3) is 4.43. The van der Waals surface area contributed by atoms with Crippen LogP contribution in [0.2, 0.25) is 5.02 Å². The summed E-state index contributed by atoms with van der Waals surface area (Å²) in [6, 6.07) is 10.9. The smallest absolute Gasteiger partial charge is 0.252 e. The van der Waals surface area contributed by atoms with Gasteiger partial charge in [0.15, 0.2) is 0 Å². The van der Waals surface area contributed by atoms with E-state index in [0.717, 1.165) is 12.8 Å². The molecule has 2 aliphatic rings. The second kappa shape index (κ2) is 8.91. The number of anilines is 2. The predicted octanol–water partition coefficient (Wildman–Crippen LogP) is 5.52. The number of hydrogen-bond acceptors (Lipinski definition) is 6. The SMILES string of the molecule is [B]C(Nc1cc(Cl)c2ncc(C#N)c(NC3CC(F)(F)C3)c2c1)(c1ccc(F)cc1)c1cn(C2CC2)nn1. The van der Waals surface area contributed by atoms with Crippen molar-refractivity contribution < 1.29 is 13.2 Å². The van der Waals surface area contributed by atoms with E-state index < -0.39 is 23.2 Å². The Morgan fingerprint density at radius 1 is 1.18 bits per heavy atom. The Balaban J connectivity index is 1.44. The van der Waals surface area contributed by atoms with E-state index in [9.17, 15) is 18.4 Å². The summed E-state index contributed by atoms with van der Waals surface area (Å²) in [4.78, 5) is 4.32. The highest BCUT2D eigenvalue weighted by Gasteiger charge is 2.45. The van der Waals surface area contributed by atoms with Gasteiger partial charge >= 0.3 is 0 Å². The lowest BCUT2D eigenvalue weighted by atomic mass is 9.69. The van der Waals surface area contributed by atoms with Crippen molar-refractivity contribution in [3.05, 3.63) is 76.5 Å². The quantitative estimate of drug-likeness (QED) is 0.304. The van der Waals surface area contributed by atoms with Crippen LogP contribution in [0.5, 0.6) is 0 Å². The Morgan fingerprint density at radius 3 is 2.58 bits per heavy atom. The van der Waals surface area contributed by atoms with Crippen LogP contribution in [-0.4, -0.2) is 39.8 Å². The van der Waals surface area contributed by atoms with Crippen molar-refractivity contribution >= 4 is 41.7 Å². The fraction of sp³-hybridized carbons (Fsp3) is 0.308. The largest absolute Gasteiger partial charge is 0.380 e. The number of nitrogens with zero attached hydrogens (tertiary/aromatic N) is 5. The topological polar surface area (TPSA) is 91.5 Å². The molecular formula is C26H20BClF3N7. The molecule has 0 spiro atoms. The van der Waals surface area contributed by atoms with Gasteiger partial charge in [-0.1, -0.05) is 28.9 Å². The van der Waals surface area contributed by atoms with Gasteiger partial charge in [0.05, 0.1) is 39.5 Å². The molecule has 12 heteroatoms. The molecule has 2 heterocycles. The van der Waals surface area contributed by atoms with Crippen LogP contribution in [0.1, 0.15) is 48.5 Å². The number of rotatable bonds is 7. The van der Waals surface area contributed by atoms with Crippen molar-refractivity contribution in [2.24, 2.45) is 0 Å². The van der Waals surface area contributed by atoms with Gasteiger partial charge in [-0.2, -0.15) is 5.26 Å². The molecule has 0 amide bonds. The molecule has 2 saturated carbocycles. The van der Waals surface area contributed by atoms with E-state index in [1.165, 1.54) is 18.3 Å². The first-order valence-corrected chi connectivity index (χ1v) is 12.5. The lowest BCUT2D eigenvalue weighted by Gasteiger charge is -2.36. The van der Waals surface area contributed by atoms with E-state index in [1.54, 1.807) is 35.1 Å². The highest BCUT2D eigenvalue weighted by molar-refractivity contribution is 6.36. The molecule has 0 saturated heterocycles. The molecule has 2 fully saturated rings. The number of hydrogen-bond donors (Lipinski definition) is 2. The van der Waals surface area contributed by atoms with Gasteiger partial charge in [0.2, 0.25) is 0 Å². The number of alkyl halides is 2. The normalized spacial score (nSPS) is 18.4. The molecule has 2 radical (unpaired) electrons. The molecule has 2 aromatic carbocycles. The lowest BCUT2D eigenvalue weighted by molar-refractivity contribution is -0.0793. The molecule has 2 aliphatic carbocycles. The van der Waals surface area contributed by atoms with Crippen LogP contribution in [0.3, 0.4) is 0 Å². The lowest BCUT2D eigenvalue weighted by Crippen LogP contribution is -2.44. The molecule has 1 atom stereocenters. The number of pyridine rings is 1. The summed E-state index contributed by atoms with van der Waals surface area (Å²) in [5.74, 6) is -3.15. The zero-order chi connectivity index (χ0) is 26.7. The molecule has 190 valence electrons. The molecule has 0 bridgehead atoms. The molecule has 4 aromatic rings. The van der Waals surface area contributed by atoms with Crippen molar-refractivity contribution in [1.29, 1.82) is 5.26 Å². The summed E-state index contributed by atoms with van der Waals surface area (Å²) in [5.41, 5.74) is 0.923. The van der Waals surface area contributed by atoms with Gasteiger partial charge in [-0.15, -0.1) is 5.10 Å². The van der Waals surface area contributed by atoms with Crippen LogP contribution in [0.4, 0.5) is 24.5 Å². The Hall–Kier alpha value is -3.78. The summed E-state index contributed by atoms with van der Waals surface area (Å²) < 4.78 is 42.5. The van der Waals surface area contributed by atoms with Gasteiger partial charge in [-0.05, 0) is 42.7 Å². The van der Waals surface area contributed by atoms with Gasteiger partial charge in [0.1, 0.15) is 25.4 Å². The first-order valence-electron chi connectivity index (χ1n) is 12.1. The Kier molecular flexibility index (Phi) is 5.76. The standard InChI is InChI=1S/C26H20BClF3N7/c27-26(15-1-3-16(29)4-2-15,22-13-38(37-36-22)19-5-6-19)35-17-7-20-23(34-18-9-25(30,31)10-18)14(11-32)12-33-24(20)21(28)8-17/h1-4,7-8,12-13,18-19,35H,5-6,9-10H2,(H,33,34). The third-order valence-corrected chi connectivity index (χ3v) is 7.25. The summed E-state index contributed by atoms with van der Waals surface area (Å²) in [6.07, 6.45) is 4.46. The molecule has 0 aliphatic heterocycles. The predicted molar refractivity (Wildman–Crippen MR) is 138 cm³/mol. The molecule has 2 aromatic heterocycles. The van der Waals surface area contributed by atoms with Crippen LogP contribution in [0.15, 0.2) is 48.8 Å². The van der Waals surface area contributed by atoms with E-state index in [1.807, 2.05) is 0 Å². The molecule has 6 rings (SSSR count). The molecule has 1 unspecified atom stereocenters. The Labute approximate surface area is 222 Å². The van der Waals surface area contributed by atoms with E-state index >= 15 is 0 Å². The van der Waals surface area contributed by atoms with Crippen molar-refractivity contribution in [3.63, 3.8) is 0 Å². The number of halogens is 4. The first-order chi connectivity index (χ1) is 18.1. The molecular weight excluding hydrogens is 514 g/mol. The average molecular weight is 534 g/mol. The van der Waals surface area contributed by atoms with E-state index in [2.05, 4.69) is 32.0 Å². The minimum atomic E-state index is -2.73. The second-order valence-electron chi connectivity index (χ2n) is 9.87. The van der Waals surface area contributed by atoms with Gasteiger partial charge in [-0.25, -0.2) is 17.9 Å². The summed E-state index contributed by atoms with van der Waals surface area (Å²) >= 11 is 6.60. The maximum Gasteiger partial charge on any atom is 0.252 e. The average Bonchev–Trinajstić information content (AvgIpc) is 3.59. The van der Waals surface area contributed by atoms with Crippen LogP contribution in [0.25, 0.3) is 10.9 Å². The molecule has 2 N–H and O–H groups in total. The monoisotopic (exact) mass is 533 g/mol. The third-order valence-electron chi connectivity index (χ3n) is 6.96. The second-order valence-corrected chi connectivity index (χ2v) is 10.3. The highest BCUT2D eigenvalue weighted by atomic mass is 35.5. The van der Waals surface area contributed by atoms with E-state index in [-0.39, 0.29) is 29.5 Å². The molecule has 7 nitrogen and oxygen atoms in total. The summed E-state index contributed by atoms with van der Waals surface area (Å²) in [5, 5.41) is 25.3. The molecule has 38 heavy (non-hydrogen) atoms. The minimum Gasteiger partial charge on any atom is -0.380 e. The highest BCUT2D eigenvalue weighted by Crippen LogP contribution is 2.42. The van der Waals surface area contributed by atoms with Crippen LogP contribution >= 0.6 is 11.6 Å². The van der Waals surface area contributed by atoms with Crippen molar-refractivity contribution in [2.75, 3.05) is 10.6 Å². The summed E-state index contributed by atoms with van der Waals surface area (Å²) in [6.45, 7) is 0. The van der Waals surface area contributed by atoms with Crippen molar-refractivity contribution in [3.8, 4) is 6.07 Å². The zero-order valence-electron chi connectivity index (χ0n) is 19.9. The zero-order valence-corrected chi connectivity index (χ0v) is 20.7. The van der Waals surface area contributed by atoms with Gasteiger partial charge in [-0.3, -0.25) is 4.98 Å². The number of benzene rings is 2. The number of nitriles is 1. The van der Waals surface area contributed by atoms with Crippen LogP contribution in [-0.2, 0) is 5.44 Å². The Morgan fingerprint density at radius 2 is 1.92 bits per heavy atom. The number of fused-ring (bicyclic) bond motifs is 1. The van der Waals surface area contributed by atoms with E-state index in [4.69, 9.17) is 19.4 Å². The fourth-order valence-electron chi connectivity index (χ4n) is 4.74. The minimum absolute atomic E-state index is 0.200. The van der Waals surface area contributed by atoms with Crippen molar-refractivity contribution in [1.82, 2.24) is 20.0 Å². The number of nitrogens with one attached hydrogen (secondary N) is 2. The Bertz CT molecular complexity index is 1570. The van der Waals surface area contributed by atoms with Gasteiger partial charge in [0, 0.05) is 36.2 Å². The van der Waals surface area contributed by atoms with Crippen LogP contribution in [0, 0.1) is 17.1 Å². The van der Waals surface area contributed by atoms with Crippen LogP contribution < -0.4 is 10.6 Å². The maximum atomic E-state index is 13.8. The van der Waals surface area contributed by atoms with Crippen molar-refractivity contribution in [2.45, 2.75) is 49.1 Å². The first kappa shape index (κ1) is 24.6. The number of aromatic nitrogens is 4. The summed E-state index contributed by atoms with van der Waals surface area (Å²) in [7, 11) is 6.93.